The number of benzene rings is 10. The zero-order valence-electron chi connectivity index (χ0n) is 50.3. The molecule has 0 N–H and O–H groups in total. The van der Waals surface area contributed by atoms with Crippen molar-refractivity contribution in [2.24, 2.45) is 0 Å². The molecule has 0 unspecified atom stereocenters. The number of hydrogen-bond donors (Lipinski definition) is 0. The minimum Gasteiger partial charge on any atom is -0.458 e. The van der Waals surface area contributed by atoms with Crippen LogP contribution in [0.4, 0.5) is 0 Å². The first-order valence-electron chi connectivity index (χ1n) is 29.8. The fourth-order valence-corrected chi connectivity index (χ4v) is 12.4. The van der Waals surface area contributed by atoms with Crippen LogP contribution in [0, 0.1) is 6.33 Å². The van der Waals surface area contributed by atoms with E-state index in [1.165, 1.54) is 5.56 Å². The first-order chi connectivity index (χ1) is 41.0. The molecule has 80 heavy (non-hydrogen) atoms. The van der Waals surface area contributed by atoms with Gasteiger partial charge in [0.05, 0.1) is 51.3 Å². The summed E-state index contributed by atoms with van der Waals surface area (Å²) >= 11 is 0. The average Bonchev–Trinajstić information content (AvgIpc) is 1.69. The second-order valence-corrected chi connectivity index (χ2v) is 23.0. The monoisotopic (exact) mass is 1040 g/mol. The van der Waals surface area contributed by atoms with Crippen LogP contribution in [0.3, 0.4) is 0 Å². The molecule has 4 aromatic heterocycles. The molecule has 15 rings (SSSR count). The first-order valence-corrected chi connectivity index (χ1v) is 27.3. The summed E-state index contributed by atoms with van der Waals surface area (Å²) in [5.41, 5.74) is 16.2. The van der Waals surface area contributed by atoms with Crippen molar-refractivity contribution in [2.45, 2.75) is 52.4 Å². The molecule has 0 saturated carbocycles. The van der Waals surface area contributed by atoms with E-state index in [-0.39, 0.29) is 35.1 Å². The average molecular weight is 1040 g/mol. The lowest BCUT2D eigenvalue weighted by Gasteiger charge is -2.27. The summed E-state index contributed by atoms with van der Waals surface area (Å²) in [5, 5.41) is 4.52. The minimum atomic E-state index is -0.437. The largest absolute Gasteiger partial charge is 0.458 e. The molecule has 6 heteroatoms. The summed E-state index contributed by atoms with van der Waals surface area (Å²) in [6, 6.07) is 67.9. The van der Waals surface area contributed by atoms with Gasteiger partial charge in [-0.3, -0.25) is 13.7 Å². The topological polar surface area (TPSA) is 40.8 Å². The molecule has 1 aliphatic rings. The highest BCUT2D eigenvalue weighted by Gasteiger charge is 2.31. The second-order valence-electron chi connectivity index (χ2n) is 23.0. The number of imidazole rings is 1. The van der Waals surface area contributed by atoms with Crippen LogP contribution < -0.4 is 9.30 Å². The number of pyridine rings is 1. The standard InChI is InChI=1S/C74H57N5O/c1-73(2,3)48-39-40-75-69(41-48)79-66-36-17-14-29-58(66)59-38-37-52(45-67(59)79)80-51-24-18-23-49(42-51)76-46-77-71-61(32-20-33-63(71)74(4,5)6)70-53(47-21-8-7-9-22-47)30-19-31-60(70)54-25-10-11-26-55(54)62-43-50(44-68(76)72(62)77)78-64-34-15-12-27-56(64)57-28-13-16-35-65(57)78/h7-45H,1-6H3/i7D,8D,9D,21D,22D. The predicted molar refractivity (Wildman–Crippen MR) is 329 cm³/mol. The Morgan fingerprint density at radius 2 is 1.06 bits per heavy atom. The van der Waals surface area contributed by atoms with Crippen LogP contribution in [0.25, 0.3) is 122 Å². The van der Waals surface area contributed by atoms with Crippen LogP contribution in [0.1, 0.15) is 59.5 Å². The zero-order chi connectivity index (χ0) is 58.4. The van der Waals surface area contributed by atoms with Crippen LogP contribution in [0.5, 0.6) is 11.5 Å². The molecular weight excluding hydrogens is 975 g/mol. The van der Waals surface area contributed by atoms with Gasteiger partial charge in [0.15, 0.2) is 0 Å². The Labute approximate surface area is 472 Å². The Morgan fingerprint density at radius 1 is 0.463 bits per heavy atom. The van der Waals surface area contributed by atoms with Gasteiger partial charge < -0.3 is 9.30 Å². The van der Waals surface area contributed by atoms with Crippen LogP contribution >= 0.6 is 0 Å². The lowest BCUT2D eigenvalue weighted by Crippen LogP contribution is -2.35. The first kappa shape index (κ1) is 42.3. The van der Waals surface area contributed by atoms with Gasteiger partial charge in [0.25, 0.3) is 6.33 Å². The molecule has 0 atom stereocenters. The molecule has 6 nitrogen and oxygen atoms in total. The van der Waals surface area contributed by atoms with Crippen LogP contribution in [0.15, 0.2) is 237 Å². The Hall–Kier alpha value is -9.78. The van der Waals surface area contributed by atoms with E-state index in [4.69, 9.17) is 13.8 Å². The van der Waals surface area contributed by atoms with E-state index >= 15 is 0 Å². The van der Waals surface area contributed by atoms with Gasteiger partial charge in [0, 0.05) is 39.5 Å². The van der Waals surface area contributed by atoms with Crippen molar-refractivity contribution in [1.29, 1.82) is 0 Å². The highest BCUT2D eigenvalue weighted by atomic mass is 16.5. The van der Waals surface area contributed by atoms with Gasteiger partial charge in [0.1, 0.15) is 17.3 Å². The van der Waals surface area contributed by atoms with E-state index in [2.05, 4.69) is 230 Å². The minimum absolute atomic E-state index is 0.0731. The maximum absolute atomic E-state index is 9.42. The van der Waals surface area contributed by atoms with Gasteiger partial charge >= 0.3 is 0 Å². The molecule has 1 aliphatic heterocycles. The van der Waals surface area contributed by atoms with Gasteiger partial charge in [-0.05, 0) is 139 Å². The van der Waals surface area contributed by atoms with Crippen LogP contribution in [-0.4, -0.2) is 18.7 Å². The lowest BCUT2D eigenvalue weighted by atomic mass is 9.80. The highest BCUT2D eigenvalue weighted by molar-refractivity contribution is 6.11. The summed E-state index contributed by atoms with van der Waals surface area (Å²) < 4.78 is 61.2. The highest BCUT2D eigenvalue weighted by Crippen LogP contribution is 2.49. The van der Waals surface area contributed by atoms with Crippen molar-refractivity contribution in [3.63, 3.8) is 0 Å². The summed E-state index contributed by atoms with van der Waals surface area (Å²) in [6.45, 7) is 13.3. The Balaban J connectivity index is 1.01. The number of fused-ring (bicyclic) bond motifs is 13. The molecular formula is C74H57N5O. The predicted octanol–water partition coefficient (Wildman–Crippen LogP) is 18.7. The van der Waals surface area contributed by atoms with Gasteiger partial charge in [-0.25, -0.2) is 4.98 Å². The van der Waals surface area contributed by atoms with E-state index in [9.17, 15) is 2.74 Å². The molecule has 5 heterocycles. The fraction of sp³-hybridized carbons (Fsp3) is 0.108. The summed E-state index contributed by atoms with van der Waals surface area (Å²) in [5.74, 6) is 2.14. The number of aromatic nitrogens is 5. The Morgan fingerprint density at radius 3 is 1.77 bits per heavy atom. The van der Waals surface area contributed by atoms with E-state index in [0.29, 0.717) is 17.1 Å². The molecule has 10 aromatic carbocycles. The second kappa shape index (κ2) is 17.9. The molecule has 14 aromatic rings. The summed E-state index contributed by atoms with van der Waals surface area (Å²) in [7, 11) is 0. The van der Waals surface area contributed by atoms with Crippen LogP contribution in [-0.2, 0) is 10.8 Å². The number of rotatable bonds is 6. The molecule has 0 radical (unpaired) electrons. The van der Waals surface area contributed by atoms with E-state index in [1.54, 1.807) is 0 Å². The quantitative estimate of drug-likeness (QED) is 0.123. The van der Waals surface area contributed by atoms with Crippen molar-refractivity contribution in [1.82, 2.24) is 18.7 Å². The number of ether oxygens (including phenoxy) is 1. The molecule has 0 bridgehead atoms. The number of para-hydroxylation sites is 4. The number of hydrogen-bond acceptors (Lipinski definition) is 2. The van der Waals surface area contributed by atoms with E-state index in [1.807, 2.05) is 42.6 Å². The molecule has 0 spiro atoms. The van der Waals surface area contributed by atoms with Crippen molar-refractivity contribution in [2.75, 3.05) is 0 Å². The van der Waals surface area contributed by atoms with Gasteiger partial charge in [-0.15, -0.1) is 0 Å². The smallest absolute Gasteiger partial charge is 0.269 e. The number of nitrogens with zero attached hydrogens (tertiary/aromatic N) is 5. The SMILES string of the molecule is [2H]c1c([2H])c([2H])c(-c2cccc3c2-c2cccc(C(C)(C)C)c2-[n+]2[c-]n(-c4cccc(Oc5ccc6c7ccccc7n(-c7cc(C(C)(C)C)ccn7)c6c5)c4)c4cc(-n5c6ccccc6c6ccccc65)cc(c42)-c2ccccc2-3)c([2H])c1[2H]. The van der Waals surface area contributed by atoms with Crippen LogP contribution in [0.2, 0.25) is 0 Å². The maximum Gasteiger partial charge on any atom is 0.269 e. The van der Waals surface area contributed by atoms with E-state index < -0.39 is 11.5 Å². The van der Waals surface area contributed by atoms with Crippen molar-refractivity contribution in [3.8, 4) is 78.9 Å². The fourth-order valence-electron chi connectivity index (χ4n) is 12.4. The van der Waals surface area contributed by atoms with Crippen molar-refractivity contribution in [3.05, 3.63) is 254 Å². The van der Waals surface area contributed by atoms with E-state index in [0.717, 1.165) is 116 Å². The molecule has 384 valence electrons. The third-order valence-corrected chi connectivity index (χ3v) is 16.1. The molecule has 0 aliphatic carbocycles. The Bertz CT molecular complexity index is 5070. The third kappa shape index (κ3) is 7.46. The van der Waals surface area contributed by atoms with Gasteiger partial charge in [-0.2, -0.15) is 0 Å². The molecule has 0 fully saturated rings. The van der Waals surface area contributed by atoms with Crippen molar-refractivity contribution >= 4 is 54.6 Å². The zero-order valence-corrected chi connectivity index (χ0v) is 45.3. The lowest BCUT2D eigenvalue weighted by molar-refractivity contribution is -0.572. The Kier molecular flexibility index (Phi) is 9.45. The van der Waals surface area contributed by atoms with Crippen molar-refractivity contribution < 1.29 is 16.2 Å². The summed E-state index contributed by atoms with van der Waals surface area (Å²) in [6.07, 6.45) is 5.90. The molecule has 0 saturated heterocycles. The third-order valence-electron chi connectivity index (χ3n) is 16.1. The normalized spacial score (nSPS) is 13.2. The maximum atomic E-state index is 9.42. The summed E-state index contributed by atoms with van der Waals surface area (Å²) in [4.78, 5) is 4.94. The molecule has 0 amide bonds. The van der Waals surface area contributed by atoms with Gasteiger partial charge in [-0.1, -0.05) is 193 Å². The van der Waals surface area contributed by atoms with Gasteiger partial charge in [0.2, 0.25) is 0 Å².